The van der Waals surface area contributed by atoms with Crippen LogP contribution in [0, 0.1) is 17.0 Å². The maximum atomic E-state index is 12.5. The van der Waals surface area contributed by atoms with Crippen molar-refractivity contribution in [3.8, 4) is 5.75 Å². The minimum Gasteiger partial charge on any atom is -0.466 e. The summed E-state index contributed by atoms with van der Waals surface area (Å²) in [5, 5.41) is 22.9. The molecule has 0 saturated heterocycles. The normalized spacial score (nSPS) is 14.3. The number of β-amino-alcohol motifs (C(OH)–C–C–N with tert-alkyl or cyclic N) is 1. The van der Waals surface area contributed by atoms with E-state index in [-0.39, 0.29) is 35.6 Å². The van der Waals surface area contributed by atoms with Crippen molar-refractivity contribution in [1.29, 1.82) is 0 Å². The van der Waals surface area contributed by atoms with Gasteiger partial charge in [0.05, 0.1) is 36.8 Å². The summed E-state index contributed by atoms with van der Waals surface area (Å²) in [6.45, 7) is 0.554. The number of nitro groups is 1. The summed E-state index contributed by atoms with van der Waals surface area (Å²) in [5.74, 6) is -2.42. The number of hydrogen-bond donors (Lipinski definition) is 2. The summed E-state index contributed by atoms with van der Waals surface area (Å²) in [6, 6.07) is 1.44. The van der Waals surface area contributed by atoms with E-state index in [1.54, 1.807) is 0 Å². The SMILES string of the molecule is COC(=O)C1=C(Nc2c(C)cc(OC(F)(F)F)cc2[N+](=O)[O-])C(=O)N(CCO)C1. The van der Waals surface area contributed by atoms with Gasteiger partial charge in [0.25, 0.3) is 11.6 Å². The minimum absolute atomic E-state index is 0.0384. The predicted octanol–water partition coefficient (Wildman–Crippen LogP) is 1.48. The number of nitrogens with zero attached hydrogens (tertiary/aromatic N) is 2. The third kappa shape index (κ3) is 4.93. The van der Waals surface area contributed by atoms with Crippen LogP contribution in [0.4, 0.5) is 24.5 Å². The molecule has 0 radical (unpaired) electrons. The summed E-state index contributed by atoms with van der Waals surface area (Å²) in [6.07, 6.45) is -5.05. The number of alkyl halides is 3. The van der Waals surface area contributed by atoms with Crippen LogP contribution in [-0.2, 0) is 14.3 Å². The van der Waals surface area contributed by atoms with E-state index < -0.39 is 41.2 Å². The number of ether oxygens (including phenoxy) is 2. The molecule has 0 bridgehead atoms. The second-order valence-corrected chi connectivity index (χ2v) is 5.86. The zero-order valence-electron chi connectivity index (χ0n) is 15.2. The zero-order chi connectivity index (χ0) is 21.9. The van der Waals surface area contributed by atoms with Crippen LogP contribution in [0.15, 0.2) is 23.4 Å². The molecule has 1 aliphatic heterocycles. The molecule has 1 amide bonds. The topological polar surface area (TPSA) is 131 Å². The van der Waals surface area contributed by atoms with Gasteiger partial charge in [-0.2, -0.15) is 0 Å². The van der Waals surface area contributed by atoms with Crippen LogP contribution in [0.2, 0.25) is 0 Å². The van der Waals surface area contributed by atoms with E-state index in [1.165, 1.54) is 6.92 Å². The summed E-state index contributed by atoms with van der Waals surface area (Å²) in [4.78, 5) is 36.0. The van der Waals surface area contributed by atoms with Crippen LogP contribution in [0.5, 0.6) is 5.75 Å². The number of carbonyl (C=O) groups excluding carboxylic acids is 2. The Morgan fingerprint density at radius 1 is 1.41 bits per heavy atom. The van der Waals surface area contributed by atoms with Gasteiger partial charge in [-0.3, -0.25) is 14.9 Å². The number of esters is 1. The Kier molecular flexibility index (Phi) is 6.31. The second kappa shape index (κ2) is 8.34. The first kappa shape index (κ1) is 21.9. The molecule has 0 aromatic heterocycles. The molecule has 1 aliphatic rings. The van der Waals surface area contributed by atoms with Gasteiger partial charge in [0.15, 0.2) is 0 Å². The number of benzene rings is 1. The lowest BCUT2D eigenvalue weighted by molar-refractivity contribution is -0.384. The number of rotatable bonds is 7. The van der Waals surface area contributed by atoms with E-state index in [0.717, 1.165) is 18.1 Å². The van der Waals surface area contributed by atoms with Crippen LogP contribution < -0.4 is 10.1 Å². The Morgan fingerprint density at radius 3 is 2.59 bits per heavy atom. The zero-order valence-corrected chi connectivity index (χ0v) is 15.2. The van der Waals surface area contributed by atoms with Crippen LogP contribution in [0.1, 0.15) is 5.56 Å². The van der Waals surface area contributed by atoms with Crippen molar-refractivity contribution in [3.63, 3.8) is 0 Å². The van der Waals surface area contributed by atoms with Crippen molar-refractivity contribution < 1.29 is 42.3 Å². The monoisotopic (exact) mass is 419 g/mol. The van der Waals surface area contributed by atoms with Gasteiger partial charge in [0, 0.05) is 6.54 Å². The molecule has 0 aliphatic carbocycles. The molecular formula is C16H16F3N3O7. The number of carbonyl (C=O) groups is 2. The van der Waals surface area contributed by atoms with Crippen molar-refractivity contribution in [2.24, 2.45) is 0 Å². The quantitative estimate of drug-likeness (QED) is 0.386. The lowest BCUT2D eigenvalue weighted by Gasteiger charge is -2.16. The Labute approximate surface area is 161 Å². The minimum atomic E-state index is -5.05. The summed E-state index contributed by atoms with van der Waals surface area (Å²) >= 11 is 0. The number of methoxy groups -OCH3 is 1. The summed E-state index contributed by atoms with van der Waals surface area (Å²) in [5.41, 5.74) is -1.60. The van der Waals surface area contributed by atoms with Crippen molar-refractivity contribution in [3.05, 3.63) is 39.1 Å². The molecule has 0 unspecified atom stereocenters. The van der Waals surface area contributed by atoms with Crippen molar-refractivity contribution in [2.75, 3.05) is 32.1 Å². The number of aliphatic hydroxyl groups is 1. The highest BCUT2D eigenvalue weighted by atomic mass is 19.4. The van der Waals surface area contributed by atoms with Gasteiger partial charge in [-0.25, -0.2) is 4.79 Å². The van der Waals surface area contributed by atoms with Gasteiger partial charge in [-0.15, -0.1) is 13.2 Å². The van der Waals surface area contributed by atoms with Crippen LogP contribution >= 0.6 is 0 Å². The highest BCUT2D eigenvalue weighted by molar-refractivity contribution is 6.09. The Bertz CT molecular complexity index is 883. The third-order valence-corrected chi connectivity index (χ3v) is 3.92. The Morgan fingerprint density at radius 2 is 2.07 bits per heavy atom. The first-order chi connectivity index (χ1) is 13.5. The molecule has 1 aromatic rings. The molecule has 29 heavy (non-hydrogen) atoms. The first-order valence-corrected chi connectivity index (χ1v) is 8.02. The highest BCUT2D eigenvalue weighted by Gasteiger charge is 2.37. The third-order valence-electron chi connectivity index (χ3n) is 3.92. The fourth-order valence-electron chi connectivity index (χ4n) is 2.71. The molecule has 2 N–H and O–H groups in total. The van der Waals surface area contributed by atoms with Gasteiger partial charge in [-0.05, 0) is 18.6 Å². The fourth-order valence-corrected chi connectivity index (χ4v) is 2.71. The Hall–Kier alpha value is -3.35. The number of anilines is 1. The number of amides is 1. The molecule has 13 heteroatoms. The molecule has 158 valence electrons. The molecule has 10 nitrogen and oxygen atoms in total. The van der Waals surface area contributed by atoms with Gasteiger partial charge in [0.2, 0.25) is 0 Å². The summed E-state index contributed by atoms with van der Waals surface area (Å²) in [7, 11) is 1.07. The van der Waals surface area contributed by atoms with Crippen molar-refractivity contribution >= 4 is 23.3 Å². The lowest BCUT2D eigenvalue weighted by Crippen LogP contribution is -2.31. The fraction of sp³-hybridized carbons (Fsp3) is 0.375. The number of aliphatic hydroxyl groups excluding tert-OH is 1. The van der Waals surface area contributed by atoms with E-state index in [1.807, 2.05) is 0 Å². The molecule has 0 fully saturated rings. The summed E-state index contributed by atoms with van der Waals surface area (Å²) < 4.78 is 45.7. The molecule has 0 atom stereocenters. The van der Waals surface area contributed by atoms with Crippen molar-refractivity contribution in [1.82, 2.24) is 4.90 Å². The molecule has 0 saturated carbocycles. The number of nitrogens with one attached hydrogen (secondary N) is 1. The number of nitro benzene ring substituents is 1. The lowest BCUT2D eigenvalue weighted by atomic mass is 10.1. The largest absolute Gasteiger partial charge is 0.573 e. The maximum absolute atomic E-state index is 12.5. The van der Waals surface area contributed by atoms with E-state index >= 15 is 0 Å². The van der Waals surface area contributed by atoms with E-state index in [0.29, 0.717) is 6.07 Å². The molecule has 2 rings (SSSR count). The molecule has 0 spiro atoms. The van der Waals surface area contributed by atoms with Crippen LogP contribution in [0.25, 0.3) is 0 Å². The van der Waals surface area contributed by atoms with Crippen molar-refractivity contribution in [2.45, 2.75) is 13.3 Å². The van der Waals surface area contributed by atoms with Gasteiger partial charge < -0.3 is 24.8 Å². The molecular weight excluding hydrogens is 403 g/mol. The van der Waals surface area contributed by atoms with Gasteiger partial charge in [-0.1, -0.05) is 0 Å². The van der Waals surface area contributed by atoms with Gasteiger partial charge >= 0.3 is 12.3 Å². The molecule has 1 aromatic carbocycles. The number of aryl methyl sites for hydroxylation is 1. The average molecular weight is 419 g/mol. The number of hydrogen-bond acceptors (Lipinski definition) is 8. The van der Waals surface area contributed by atoms with E-state index in [9.17, 15) is 32.9 Å². The van der Waals surface area contributed by atoms with Crippen LogP contribution in [-0.4, -0.2) is 60.0 Å². The average Bonchev–Trinajstić information content (AvgIpc) is 2.91. The predicted molar refractivity (Wildman–Crippen MR) is 90.8 cm³/mol. The molecule has 1 heterocycles. The van der Waals surface area contributed by atoms with E-state index in [2.05, 4.69) is 14.8 Å². The smallest absolute Gasteiger partial charge is 0.466 e. The highest BCUT2D eigenvalue weighted by Crippen LogP contribution is 2.37. The van der Waals surface area contributed by atoms with Gasteiger partial charge in [0.1, 0.15) is 17.1 Å². The standard InChI is InChI=1S/C16H16F3N3O7/c1-8-5-9(29-16(17,18)19)6-11(22(26)27)12(8)20-13-10(15(25)28-2)7-21(3-4-23)14(13)24/h5-6,20,23H,3-4,7H2,1-2H3. The van der Waals surface area contributed by atoms with Crippen LogP contribution in [0.3, 0.4) is 0 Å². The number of halogens is 3. The Balaban J connectivity index is 2.51. The first-order valence-electron chi connectivity index (χ1n) is 8.02. The maximum Gasteiger partial charge on any atom is 0.573 e. The van der Waals surface area contributed by atoms with E-state index in [4.69, 9.17) is 5.11 Å². The second-order valence-electron chi connectivity index (χ2n) is 5.86.